The molecule has 0 amide bonds. The SMILES string of the molecule is CCCC1CCN(S(=O)(=O)c2sc(Cl)nc2C)C1. The number of aromatic nitrogens is 1. The Hall–Kier alpha value is -0.170. The van der Waals surface area contributed by atoms with Gasteiger partial charge in [0.2, 0.25) is 0 Å². The summed E-state index contributed by atoms with van der Waals surface area (Å²) in [5.74, 6) is 0.494. The van der Waals surface area contributed by atoms with Gasteiger partial charge in [-0.1, -0.05) is 36.3 Å². The first-order valence-corrected chi connectivity index (χ1v) is 8.71. The first kappa shape index (κ1) is 14.2. The van der Waals surface area contributed by atoms with Crippen LogP contribution in [0.2, 0.25) is 4.47 Å². The molecule has 0 bridgehead atoms. The maximum atomic E-state index is 12.5. The molecule has 7 heteroatoms. The van der Waals surface area contributed by atoms with Crippen molar-refractivity contribution in [2.24, 2.45) is 5.92 Å². The molecule has 1 aromatic rings. The molecule has 1 unspecified atom stereocenters. The maximum Gasteiger partial charge on any atom is 0.254 e. The number of aryl methyl sites for hydroxylation is 1. The van der Waals surface area contributed by atoms with Crippen molar-refractivity contribution in [2.75, 3.05) is 13.1 Å². The van der Waals surface area contributed by atoms with Crippen LogP contribution < -0.4 is 0 Å². The van der Waals surface area contributed by atoms with E-state index in [1.54, 1.807) is 11.2 Å². The molecule has 0 aliphatic carbocycles. The predicted octanol–water partition coefficient (Wildman–Crippen LogP) is 2.92. The van der Waals surface area contributed by atoms with Crippen LogP contribution in [0.5, 0.6) is 0 Å². The van der Waals surface area contributed by atoms with Crippen LogP contribution in [-0.4, -0.2) is 30.8 Å². The molecule has 4 nitrogen and oxygen atoms in total. The minimum atomic E-state index is -3.39. The monoisotopic (exact) mass is 308 g/mol. The van der Waals surface area contributed by atoms with Gasteiger partial charge in [-0.25, -0.2) is 13.4 Å². The third-order valence-electron chi connectivity index (χ3n) is 3.25. The Labute approximate surface area is 117 Å². The standard InChI is InChI=1S/C11H17ClN2O2S2/c1-3-4-9-5-6-14(7-9)18(15,16)10-8(2)13-11(12)17-10/h9H,3-7H2,1-2H3. The Bertz CT molecular complexity index is 527. The van der Waals surface area contributed by atoms with E-state index in [4.69, 9.17) is 11.6 Å². The Morgan fingerprint density at radius 3 is 2.83 bits per heavy atom. The molecule has 0 aromatic carbocycles. The highest BCUT2D eigenvalue weighted by atomic mass is 35.5. The number of rotatable bonds is 4. The van der Waals surface area contributed by atoms with Gasteiger partial charge in [0.15, 0.2) is 8.68 Å². The number of thiazole rings is 1. The van der Waals surface area contributed by atoms with E-state index in [0.29, 0.717) is 28.9 Å². The van der Waals surface area contributed by atoms with Crippen LogP contribution in [0.1, 0.15) is 31.9 Å². The molecule has 2 heterocycles. The molecule has 1 atom stereocenters. The van der Waals surface area contributed by atoms with Crippen molar-refractivity contribution in [3.8, 4) is 0 Å². The molecule has 1 saturated heterocycles. The second-order valence-corrected chi connectivity index (χ2v) is 8.36. The zero-order valence-corrected chi connectivity index (χ0v) is 12.9. The lowest BCUT2D eigenvalue weighted by atomic mass is 10.0. The van der Waals surface area contributed by atoms with Gasteiger partial charge in [0.05, 0.1) is 5.69 Å². The van der Waals surface area contributed by atoms with E-state index in [1.807, 2.05) is 0 Å². The fourth-order valence-electron chi connectivity index (χ4n) is 2.37. The van der Waals surface area contributed by atoms with Crippen molar-refractivity contribution in [3.05, 3.63) is 10.2 Å². The lowest BCUT2D eigenvalue weighted by molar-refractivity contribution is 0.445. The highest BCUT2D eigenvalue weighted by Crippen LogP contribution is 2.32. The molecule has 0 radical (unpaired) electrons. The van der Waals surface area contributed by atoms with Crippen molar-refractivity contribution in [2.45, 2.75) is 37.3 Å². The van der Waals surface area contributed by atoms with Crippen molar-refractivity contribution in [1.29, 1.82) is 0 Å². The van der Waals surface area contributed by atoms with E-state index < -0.39 is 10.0 Å². The van der Waals surface area contributed by atoms with Gasteiger partial charge in [0.25, 0.3) is 10.0 Å². The summed E-state index contributed by atoms with van der Waals surface area (Å²) in [6, 6.07) is 0. The van der Waals surface area contributed by atoms with Crippen molar-refractivity contribution >= 4 is 33.0 Å². The molecule has 18 heavy (non-hydrogen) atoms. The zero-order chi connectivity index (χ0) is 13.3. The summed E-state index contributed by atoms with van der Waals surface area (Å²) in [6.07, 6.45) is 3.15. The van der Waals surface area contributed by atoms with E-state index in [-0.39, 0.29) is 4.47 Å². The van der Waals surface area contributed by atoms with Crippen LogP contribution in [0.3, 0.4) is 0 Å². The zero-order valence-electron chi connectivity index (χ0n) is 10.5. The topological polar surface area (TPSA) is 50.3 Å². The molecule has 1 aromatic heterocycles. The van der Waals surface area contributed by atoms with Gasteiger partial charge < -0.3 is 0 Å². The van der Waals surface area contributed by atoms with Gasteiger partial charge in [-0.3, -0.25) is 0 Å². The molecule has 2 rings (SSSR count). The molecule has 102 valence electrons. The predicted molar refractivity (Wildman–Crippen MR) is 73.6 cm³/mol. The fourth-order valence-corrected chi connectivity index (χ4v) is 5.77. The second-order valence-electron chi connectivity index (χ2n) is 4.65. The summed E-state index contributed by atoms with van der Waals surface area (Å²) in [6.45, 7) is 5.06. The fraction of sp³-hybridized carbons (Fsp3) is 0.727. The van der Waals surface area contributed by atoms with Gasteiger partial charge in [0.1, 0.15) is 0 Å². The highest BCUT2D eigenvalue weighted by molar-refractivity contribution is 7.91. The molecular formula is C11H17ClN2O2S2. The minimum Gasteiger partial charge on any atom is -0.229 e. The van der Waals surface area contributed by atoms with Crippen molar-refractivity contribution in [3.63, 3.8) is 0 Å². The number of nitrogens with zero attached hydrogens (tertiary/aromatic N) is 2. The maximum absolute atomic E-state index is 12.5. The van der Waals surface area contributed by atoms with Gasteiger partial charge in [-0.2, -0.15) is 4.31 Å². The summed E-state index contributed by atoms with van der Waals surface area (Å²) >= 11 is 6.83. The third kappa shape index (κ3) is 2.71. The second kappa shape index (κ2) is 5.45. The highest BCUT2D eigenvalue weighted by Gasteiger charge is 2.34. The molecule has 0 N–H and O–H groups in total. The molecule has 0 spiro atoms. The van der Waals surface area contributed by atoms with Crippen LogP contribution >= 0.6 is 22.9 Å². The largest absolute Gasteiger partial charge is 0.254 e. The van der Waals surface area contributed by atoms with Gasteiger partial charge in [0, 0.05) is 13.1 Å². The summed E-state index contributed by atoms with van der Waals surface area (Å²) in [7, 11) is -3.39. The number of halogens is 1. The van der Waals surface area contributed by atoms with Crippen LogP contribution in [0, 0.1) is 12.8 Å². The van der Waals surface area contributed by atoms with Crippen molar-refractivity contribution in [1.82, 2.24) is 9.29 Å². The molecular weight excluding hydrogens is 292 g/mol. The third-order valence-corrected chi connectivity index (χ3v) is 6.96. The Morgan fingerprint density at radius 1 is 1.56 bits per heavy atom. The van der Waals surface area contributed by atoms with Crippen molar-refractivity contribution < 1.29 is 8.42 Å². The summed E-state index contributed by atoms with van der Waals surface area (Å²) in [4.78, 5) is 3.98. The minimum absolute atomic E-state index is 0.287. The van der Waals surface area contributed by atoms with Gasteiger partial charge in [-0.15, -0.1) is 0 Å². The average molecular weight is 309 g/mol. The van der Waals surface area contributed by atoms with Crippen LogP contribution in [0.15, 0.2) is 4.21 Å². The summed E-state index contributed by atoms with van der Waals surface area (Å²) < 4.78 is 27.1. The van der Waals surface area contributed by atoms with Gasteiger partial charge >= 0.3 is 0 Å². The van der Waals surface area contributed by atoms with E-state index >= 15 is 0 Å². The van der Waals surface area contributed by atoms with E-state index in [1.165, 1.54) is 0 Å². The Morgan fingerprint density at radius 2 is 2.28 bits per heavy atom. The van der Waals surface area contributed by atoms with Crippen LogP contribution in [0.25, 0.3) is 0 Å². The Balaban J connectivity index is 2.20. The quantitative estimate of drug-likeness (QED) is 0.859. The molecule has 1 fully saturated rings. The normalized spacial score (nSPS) is 21.6. The lowest BCUT2D eigenvalue weighted by Crippen LogP contribution is -2.28. The average Bonchev–Trinajstić information content (AvgIpc) is 2.86. The Kier molecular flexibility index (Phi) is 4.31. The van der Waals surface area contributed by atoms with E-state index in [0.717, 1.165) is 30.6 Å². The smallest absolute Gasteiger partial charge is 0.229 e. The summed E-state index contributed by atoms with van der Waals surface area (Å²) in [5.41, 5.74) is 0.504. The van der Waals surface area contributed by atoms with Gasteiger partial charge in [-0.05, 0) is 25.7 Å². The molecule has 0 saturated carbocycles. The lowest BCUT2D eigenvalue weighted by Gasteiger charge is -2.15. The van der Waals surface area contributed by atoms with Crippen LogP contribution in [-0.2, 0) is 10.0 Å². The molecule has 1 aliphatic rings. The number of hydrogen-bond acceptors (Lipinski definition) is 4. The number of sulfonamides is 1. The first-order chi connectivity index (χ1) is 8.45. The van der Waals surface area contributed by atoms with E-state index in [9.17, 15) is 8.42 Å². The van der Waals surface area contributed by atoms with E-state index in [2.05, 4.69) is 11.9 Å². The molecule has 1 aliphatic heterocycles. The van der Waals surface area contributed by atoms with Crippen LogP contribution in [0.4, 0.5) is 0 Å². The summed E-state index contributed by atoms with van der Waals surface area (Å²) in [5, 5.41) is 0. The first-order valence-electron chi connectivity index (χ1n) is 6.08. The number of hydrogen-bond donors (Lipinski definition) is 0.